The van der Waals surface area contributed by atoms with Gasteiger partial charge in [-0.1, -0.05) is 0 Å². The van der Waals surface area contributed by atoms with E-state index >= 15 is 0 Å². The third-order valence-corrected chi connectivity index (χ3v) is 1.52. The van der Waals surface area contributed by atoms with Crippen LogP contribution in [0.3, 0.4) is 0 Å². The molecule has 0 saturated carbocycles. The third kappa shape index (κ3) is 20.6. The van der Waals surface area contributed by atoms with Crippen LogP contribution in [-0.4, -0.2) is 75.4 Å². The van der Waals surface area contributed by atoms with Gasteiger partial charge in [0, 0.05) is 65.4 Å². The number of rotatable bonds is 10. The van der Waals surface area contributed by atoms with Crippen LogP contribution in [-0.2, 0) is 89.1 Å². The predicted molar refractivity (Wildman–Crippen MR) is 59.6 cm³/mol. The standard InChI is InChI=1S/C10H18O9.2Y/c11-1-3-16-9(13)18-7-5-15-6-8-19-10(14)17-4-2-12;;/h11-12H,1-8H2;;. The minimum atomic E-state index is -0.888. The summed E-state index contributed by atoms with van der Waals surface area (Å²) in [6.45, 7) is -0.581. The molecule has 118 valence electrons. The molecular formula is C10H18O9Y2. The Balaban J connectivity index is -0.00000162. The maximum atomic E-state index is 10.8. The van der Waals surface area contributed by atoms with E-state index in [0.717, 1.165) is 0 Å². The number of aliphatic hydroxyl groups excluding tert-OH is 2. The topological polar surface area (TPSA) is 121 Å². The monoisotopic (exact) mass is 460 g/mol. The maximum Gasteiger partial charge on any atom is 0.508 e. The van der Waals surface area contributed by atoms with Gasteiger partial charge < -0.3 is 33.9 Å². The number of hydrogen-bond donors (Lipinski definition) is 2. The van der Waals surface area contributed by atoms with Gasteiger partial charge in [-0.2, -0.15) is 0 Å². The Morgan fingerprint density at radius 3 is 1.29 bits per heavy atom. The van der Waals surface area contributed by atoms with Crippen LogP contribution in [0.25, 0.3) is 0 Å². The van der Waals surface area contributed by atoms with E-state index in [9.17, 15) is 9.59 Å². The minimum absolute atomic E-state index is 0. The molecule has 0 aromatic heterocycles. The van der Waals surface area contributed by atoms with Crippen LogP contribution in [0.5, 0.6) is 0 Å². The first-order valence-electron chi connectivity index (χ1n) is 5.59. The molecule has 0 spiro atoms. The Labute approximate surface area is 172 Å². The normalized spacial score (nSPS) is 8.86. The summed E-state index contributed by atoms with van der Waals surface area (Å²) in [6, 6.07) is 0. The Morgan fingerprint density at radius 2 is 0.952 bits per heavy atom. The summed E-state index contributed by atoms with van der Waals surface area (Å²) in [5.74, 6) is 0. The molecule has 0 bridgehead atoms. The molecule has 0 heterocycles. The molecule has 0 amide bonds. The van der Waals surface area contributed by atoms with E-state index in [1.807, 2.05) is 0 Å². The van der Waals surface area contributed by atoms with E-state index in [1.54, 1.807) is 0 Å². The van der Waals surface area contributed by atoms with E-state index < -0.39 is 12.3 Å². The van der Waals surface area contributed by atoms with Gasteiger partial charge >= 0.3 is 12.3 Å². The van der Waals surface area contributed by atoms with Gasteiger partial charge in [-0.15, -0.1) is 0 Å². The van der Waals surface area contributed by atoms with Crippen molar-refractivity contribution in [3.05, 3.63) is 0 Å². The van der Waals surface area contributed by atoms with Gasteiger partial charge in [0.15, 0.2) is 0 Å². The summed E-state index contributed by atoms with van der Waals surface area (Å²) in [4.78, 5) is 21.5. The molecule has 21 heavy (non-hydrogen) atoms. The number of aliphatic hydroxyl groups is 2. The summed E-state index contributed by atoms with van der Waals surface area (Å²) in [6.07, 6.45) is -1.78. The molecule has 0 aliphatic heterocycles. The second kappa shape index (κ2) is 20.6. The number of hydrogen-bond acceptors (Lipinski definition) is 9. The average Bonchev–Trinajstić information content (AvgIpc) is 2.41. The first kappa shape index (κ1) is 26.5. The SMILES string of the molecule is O=C(OCCO)OCCOCCOC(=O)OCCO.[Y].[Y]. The second-order valence-corrected chi connectivity index (χ2v) is 2.95. The number of ether oxygens (including phenoxy) is 5. The molecule has 2 N–H and O–H groups in total. The van der Waals surface area contributed by atoms with Gasteiger partial charge in [0.2, 0.25) is 0 Å². The summed E-state index contributed by atoms with van der Waals surface area (Å²) in [5, 5.41) is 16.7. The van der Waals surface area contributed by atoms with E-state index in [1.165, 1.54) is 0 Å². The van der Waals surface area contributed by atoms with E-state index in [2.05, 4.69) is 18.9 Å². The van der Waals surface area contributed by atoms with Gasteiger partial charge in [0.05, 0.1) is 26.4 Å². The molecule has 11 heteroatoms. The molecule has 2 radical (unpaired) electrons. The fourth-order valence-electron chi connectivity index (χ4n) is 0.811. The van der Waals surface area contributed by atoms with Crippen molar-refractivity contribution in [3.63, 3.8) is 0 Å². The molecule has 0 fully saturated rings. The summed E-state index contributed by atoms with van der Waals surface area (Å²) >= 11 is 0. The summed E-state index contributed by atoms with van der Waals surface area (Å²) < 4.78 is 22.9. The van der Waals surface area contributed by atoms with Gasteiger partial charge in [-0.3, -0.25) is 0 Å². The van der Waals surface area contributed by atoms with Crippen molar-refractivity contribution in [3.8, 4) is 0 Å². The molecular weight excluding hydrogens is 442 g/mol. The molecule has 0 unspecified atom stereocenters. The van der Waals surface area contributed by atoms with Gasteiger partial charge in [-0.25, -0.2) is 9.59 Å². The zero-order valence-electron chi connectivity index (χ0n) is 11.6. The zero-order chi connectivity index (χ0) is 14.3. The Bertz CT molecular complexity index is 229. The van der Waals surface area contributed by atoms with Crippen LogP contribution in [0, 0.1) is 0 Å². The van der Waals surface area contributed by atoms with Crippen molar-refractivity contribution < 1.29 is 109 Å². The summed E-state index contributed by atoms with van der Waals surface area (Å²) in [7, 11) is 0. The van der Waals surface area contributed by atoms with Crippen LogP contribution >= 0.6 is 0 Å². The van der Waals surface area contributed by atoms with Crippen molar-refractivity contribution in [1.82, 2.24) is 0 Å². The van der Waals surface area contributed by atoms with E-state index in [-0.39, 0.29) is 118 Å². The molecule has 0 atom stereocenters. The van der Waals surface area contributed by atoms with E-state index in [4.69, 9.17) is 14.9 Å². The van der Waals surface area contributed by atoms with Crippen molar-refractivity contribution in [2.45, 2.75) is 0 Å². The van der Waals surface area contributed by atoms with Crippen LogP contribution in [0.15, 0.2) is 0 Å². The average molecular weight is 460 g/mol. The first-order chi connectivity index (χ1) is 9.20. The van der Waals surface area contributed by atoms with Crippen LogP contribution in [0.1, 0.15) is 0 Å². The molecule has 0 rings (SSSR count). The zero-order valence-corrected chi connectivity index (χ0v) is 17.2. The van der Waals surface area contributed by atoms with Gasteiger partial charge in [0.25, 0.3) is 0 Å². The second-order valence-electron chi connectivity index (χ2n) is 2.95. The smallest absolute Gasteiger partial charge is 0.432 e. The maximum absolute atomic E-state index is 10.8. The first-order valence-corrected chi connectivity index (χ1v) is 5.59. The molecule has 9 nitrogen and oxygen atoms in total. The van der Waals surface area contributed by atoms with Crippen LogP contribution < -0.4 is 0 Å². The van der Waals surface area contributed by atoms with Crippen LogP contribution in [0.2, 0.25) is 0 Å². The quantitative estimate of drug-likeness (QED) is 0.322. The van der Waals surface area contributed by atoms with E-state index in [0.29, 0.717) is 0 Å². The van der Waals surface area contributed by atoms with Crippen molar-refractivity contribution >= 4 is 12.3 Å². The minimum Gasteiger partial charge on any atom is -0.432 e. The molecule has 0 aliphatic rings. The van der Waals surface area contributed by atoms with Gasteiger partial charge in [0.1, 0.15) is 26.4 Å². The molecule has 0 aliphatic carbocycles. The Kier molecular flexibility index (Phi) is 26.1. The largest absolute Gasteiger partial charge is 0.508 e. The van der Waals surface area contributed by atoms with Gasteiger partial charge in [-0.05, 0) is 0 Å². The van der Waals surface area contributed by atoms with Crippen molar-refractivity contribution in [1.29, 1.82) is 0 Å². The molecule has 0 aromatic carbocycles. The van der Waals surface area contributed by atoms with Crippen molar-refractivity contribution in [2.75, 3.05) is 52.9 Å². The fraction of sp³-hybridized carbons (Fsp3) is 0.800. The van der Waals surface area contributed by atoms with Crippen LogP contribution in [0.4, 0.5) is 9.59 Å². The number of carbonyl (C=O) groups excluding carboxylic acids is 2. The number of carbonyl (C=O) groups is 2. The Morgan fingerprint density at radius 1 is 0.619 bits per heavy atom. The van der Waals surface area contributed by atoms with Crippen molar-refractivity contribution in [2.24, 2.45) is 0 Å². The predicted octanol–water partition coefficient (Wildman–Crippen LogP) is -0.711. The molecule has 0 aromatic rings. The molecule has 0 saturated heterocycles. The summed E-state index contributed by atoms with van der Waals surface area (Å²) in [5.41, 5.74) is 0. The fourth-order valence-corrected chi connectivity index (χ4v) is 0.811. The third-order valence-electron chi connectivity index (χ3n) is 1.52. The Hall–Kier alpha value is 0.628.